The van der Waals surface area contributed by atoms with Crippen LogP contribution in [0.2, 0.25) is 5.02 Å². The lowest BCUT2D eigenvalue weighted by atomic mass is 9.96. The van der Waals surface area contributed by atoms with Gasteiger partial charge in [0.25, 0.3) is 5.56 Å². The molecular formula is C22H17ClN2O3S. The van der Waals surface area contributed by atoms with Crippen LogP contribution in [0.1, 0.15) is 24.1 Å². The summed E-state index contributed by atoms with van der Waals surface area (Å²) in [6.45, 7) is 1.76. The Morgan fingerprint density at radius 1 is 1.17 bits per heavy atom. The number of fused-ring (bicyclic) bond motifs is 1. The van der Waals surface area contributed by atoms with Crippen LogP contribution in [0.25, 0.3) is 6.08 Å². The fourth-order valence-electron chi connectivity index (χ4n) is 3.38. The first-order valence-electron chi connectivity index (χ1n) is 8.91. The highest BCUT2D eigenvalue weighted by molar-refractivity contribution is 7.07. The summed E-state index contributed by atoms with van der Waals surface area (Å²) in [5, 5.41) is 0.560. The Hall–Kier alpha value is -2.96. The third-order valence-corrected chi connectivity index (χ3v) is 6.06. The second-order valence-corrected chi connectivity index (χ2v) is 7.92. The van der Waals surface area contributed by atoms with Crippen molar-refractivity contribution in [3.05, 3.63) is 102 Å². The highest BCUT2D eigenvalue weighted by Gasteiger charge is 2.32. The number of halogens is 1. The van der Waals surface area contributed by atoms with Gasteiger partial charge in [-0.3, -0.25) is 9.36 Å². The molecule has 1 atom stereocenters. The lowest BCUT2D eigenvalue weighted by Gasteiger charge is -2.24. The molecule has 0 fully saturated rings. The van der Waals surface area contributed by atoms with Gasteiger partial charge < -0.3 is 4.74 Å². The van der Waals surface area contributed by atoms with Crippen molar-refractivity contribution in [3.63, 3.8) is 0 Å². The van der Waals surface area contributed by atoms with E-state index in [2.05, 4.69) is 4.99 Å². The average Bonchev–Trinajstić information content (AvgIpc) is 3.03. The number of aromatic nitrogens is 1. The number of hydrogen-bond donors (Lipinski definition) is 0. The van der Waals surface area contributed by atoms with Crippen LogP contribution in [0.4, 0.5) is 0 Å². The number of methoxy groups -OCH3 is 1. The van der Waals surface area contributed by atoms with Crippen molar-refractivity contribution >= 4 is 35.0 Å². The average molecular weight is 425 g/mol. The normalized spacial score (nSPS) is 16.4. The van der Waals surface area contributed by atoms with Crippen LogP contribution in [0.15, 0.2) is 75.7 Å². The van der Waals surface area contributed by atoms with Gasteiger partial charge in [0, 0.05) is 5.02 Å². The zero-order valence-corrected chi connectivity index (χ0v) is 17.3. The van der Waals surface area contributed by atoms with Gasteiger partial charge in [0.2, 0.25) is 0 Å². The maximum Gasteiger partial charge on any atom is 0.338 e. The van der Waals surface area contributed by atoms with Crippen molar-refractivity contribution in [1.82, 2.24) is 4.57 Å². The van der Waals surface area contributed by atoms with Gasteiger partial charge in [-0.05, 0) is 30.2 Å². The molecule has 0 bridgehead atoms. The van der Waals surface area contributed by atoms with Gasteiger partial charge in [0.15, 0.2) is 4.80 Å². The van der Waals surface area contributed by atoms with Crippen LogP contribution in [-0.2, 0) is 9.53 Å². The second kappa shape index (κ2) is 7.81. The van der Waals surface area contributed by atoms with Crippen molar-refractivity contribution < 1.29 is 9.53 Å². The molecule has 0 aliphatic carbocycles. The van der Waals surface area contributed by atoms with E-state index < -0.39 is 12.0 Å². The third kappa shape index (κ3) is 3.45. The molecule has 0 N–H and O–H groups in total. The maximum atomic E-state index is 13.3. The molecular weight excluding hydrogens is 408 g/mol. The van der Waals surface area contributed by atoms with E-state index in [0.29, 0.717) is 25.6 Å². The summed E-state index contributed by atoms with van der Waals surface area (Å²) < 4.78 is 7.05. The van der Waals surface area contributed by atoms with Crippen LogP contribution >= 0.6 is 22.9 Å². The summed E-state index contributed by atoms with van der Waals surface area (Å²) in [5.74, 6) is -0.500. The molecule has 0 amide bonds. The van der Waals surface area contributed by atoms with Gasteiger partial charge in [-0.1, -0.05) is 71.5 Å². The predicted molar refractivity (Wildman–Crippen MR) is 114 cm³/mol. The molecule has 7 heteroatoms. The molecule has 0 spiro atoms. The van der Waals surface area contributed by atoms with E-state index in [9.17, 15) is 9.59 Å². The number of benzene rings is 2. The minimum absolute atomic E-state index is 0.226. The van der Waals surface area contributed by atoms with E-state index in [1.165, 1.54) is 18.4 Å². The zero-order valence-electron chi connectivity index (χ0n) is 15.8. The number of allylic oxidation sites excluding steroid dienone is 1. The molecule has 1 aliphatic rings. The van der Waals surface area contributed by atoms with Gasteiger partial charge >= 0.3 is 5.97 Å². The second-order valence-electron chi connectivity index (χ2n) is 6.51. The molecule has 29 heavy (non-hydrogen) atoms. The van der Waals surface area contributed by atoms with Crippen molar-refractivity contribution in [2.45, 2.75) is 13.0 Å². The minimum atomic E-state index is -0.603. The molecule has 0 saturated heterocycles. The van der Waals surface area contributed by atoms with Gasteiger partial charge in [0.1, 0.15) is 0 Å². The van der Waals surface area contributed by atoms with Gasteiger partial charge in [-0.25, -0.2) is 9.79 Å². The Bertz CT molecular complexity index is 1310. The van der Waals surface area contributed by atoms with Crippen molar-refractivity contribution in [3.8, 4) is 0 Å². The number of ether oxygens (including phenoxy) is 1. The smallest absolute Gasteiger partial charge is 0.338 e. The Balaban J connectivity index is 2.00. The molecule has 1 aliphatic heterocycles. The van der Waals surface area contributed by atoms with Crippen LogP contribution in [-0.4, -0.2) is 17.6 Å². The fourth-order valence-corrected chi connectivity index (χ4v) is 4.60. The molecule has 3 aromatic rings. The monoisotopic (exact) mass is 424 g/mol. The highest BCUT2D eigenvalue weighted by atomic mass is 35.5. The predicted octanol–water partition coefficient (Wildman–Crippen LogP) is 3.06. The molecule has 1 unspecified atom stereocenters. The number of thiazole rings is 1. The first kappa shape index (κ1) is 19.4. The Labute approximate surface area is 175 Å². The van der Waals surface area contributed by atoms with E-state index in [1.807, 2.05) is 48.5 Å². The number of nitrogens with zero attached hydrogens (tertiary/aromatic N) is 2. The van der Waals surface area contributed by atoms with Gasteiger partial charge in [-0.15, -0.1) is 0 Å². The lowest BCUT2D eigenvalue weighted by molar-refractivity contribution is -0.136. The number of esters is 1. The number of carbonyl (C=O) groups excluding carboxylic acids is 1. The minimum Gasteiger partial charge on any atom is -0.466 e. The molecule has 2 aromatic carbocycles. The summed E-state index contributed by atoms with van der Waals surface area (Å²) in [4.78, 5) is 30.9. The van der Waals surface area contributed by atoms with E-state index in [1.54, 1.807) is 23.6 Å². The maximum absolute atomic E-state index is 13.3. The van der Waals surface area contributed by atoms with Gasteiger partial charge in [0.05, 0.1) is 29.0 Å². The molecule has 0 radical (unpaired) electrons. The molecule has 5 nitrogen and oxygen atoms in total. The molecule has 1 aromatic heterocycles. The topological polar surface area (TPSA) is 60.7 Å². The summed E-state index contributed by atoms with van der Waals surface area (Å²) in [6, 6.07) is 16.1. The fraction of sp³-hybridized carbons (Fsp3) is 0.136. The van der Waals surface area contributed by atoms with Crippen molar-refractivity contribution in [2.24, 2.45) is 4.99 Å². The first-order valence-corrected chi connectivity index (χ1v) is 10.1. The standard InChI is InChI=1S/C22H17ClN2O3S/c1-13-18(21(27)28-2)19(14-8-4-3-5-9-14)25-20(26)17(29-22(25)24-13)12-15-10-6-7-11-16(15)23/h3-12,19H,1-2H3/b17-12-. The molecule has 4 rings (SSSR count). The molecule has 0 saturated carbocycles. The van der Waals surface area contributed by atoms with E-state index in [4.69, 9.17) is 16.3 Å². The largest absolute Gasteiger partial charge is 0.466 e. The Kier molecular flexibility index (Phi) is 5.22. The van der Waals surface area contributed by atoms with E-state index >= 15 is 0 Å². The highest BCUT2D eigenvalue weighted by Crippen LogP contribution is 2.30. The molecule has 146 valence electrons. The van der Waals surface area contributed by atoms with Crippen LogP contribution < -0.4 is 14.9 Å². The van der Waals surface area contributed by atoms with Crippen molar-refractivity contribution in [1.29, 1.82) is 0 Å². The summed E-state index contributed by atoms with van der Waals surface area (Å²) in [5.41, 5.74) is 2.23. The van der Waals surface area contributed by atoms with Gasteiger partial charge in [-0.2, -0.15) is 0 Å². The first-order chi connectivity index (χ1) is 14.0. The number of rotatable bonds is 3. The van der Waals surface area contributed by atoms with Crippen LogP contribution in [0, 0.1) is 0 Å². The number of carbonyl (C=O) groups is 1. The quantitative estimate of drug-likeness (QED) is 0.607. The SMILES string of the molecule is COC(=O)C1=C(C)N=c2s/c(=C\c3ccccc3Cl)c(=O)n2C1c1ccccc1. The van der Waals surface area contributed by atoms with E-state index in [0.717, 1.165) is 11.1 Å². The third-order valence-electron chi connectivity index (χ3n) is 4.73. The van der Waals surface area contributed by atoms with Crippen LogP contribution in [0.5, 0.6) is 0 Å². The van der Waals surface area contributed by atoms with Crippen LogP contribution in [0.3, 0.4) is 0 Å². The summed E-state index contributed by atoms with van der Waals surface area (Å²) in [6.07, 6.45) is 1.76. The summed E-state index contributed by atoms with van der Waals surface area (Å²) in [7, 11) is 1.33. The lowest BCUT2D eigenvalue weighted by Crippen LogP contribution is -2.39. The van der Waals surface area contributed by atoms with E-state index in [-0.39, 0.29) is 5.56 Å². The Morgan fingerprint density at radius 2 is 1.86 bits per heavy atom. The number of hydrogen-bond acceptors (Lipinski definition) is 5. The summed E-state index contributed by atoms with van der Waals surface area (Å²) >= 11 is 7.53. The zero-order chi connectivity index (χ0) is 20.5. The Morgan fingerprint density at radius 3 is 2.55 bits per heavy atom. The molecule has 2 heterocycles. The van der Waals surface area contributed by atoms with Crippen molar-refractivity contribution in [2.75, 3.05) is 7.11 Å².